The van der Waals surface area contributed by atoms with Gasteiger partial charge in [-0.1, -0.05) is 20.3 Å². The lowest BCUT2D eigenvalue weighted by atomic mass is 10.2. The quantitative estimate of drug-likeness (QED) is 0.629. The van der Waals surface area contributed by atoms with Crippen molar-refractivity contribution in [2.75, 3.05) is 0 Å². The maximum Gasteiger partial charge on any atom is 0.0545 e. The molecule has 66 valence electrons. The molecular weight excluding hydrogens is 165 g/mol. The summed E-state index contributed by atoms with van der Waals surface area (Å²) in [5.74, 6) is 0. The van der Waals surface area contributed by atoms with E-state index in [1.807, 2.05) is 0 Å². The van der Waals surface area contributed by atoms with Gasteiger partial charge in [-0.3, -0.25) is 0 Å². The molecule has 2 heteroatoms. The maximum absolute atomic E-state index is 4.49. The zero-order valence-corrected chi connectivity index (χ0v) is 8.77. The summed E-state index contributed by atoms with van der Waals surface area (Å²) in [4.78, 5) is 0. The Balaban J connectivity index is 2.74. The molecule has 0 atom stereocenters. The summed E-state index contributed by atoms with van der Waals surface area (Å²) < 4.78 is 2.22. The van der Waals surface area contributed by atoms with E-state index >= 15 is 0 Å². The molecule has 0 saturated heterocycles. The predicted molar refractivity (Wildman–Crippen MR) is 55.3 cm³/mol. The van der Waals surface area contributed by atoms with Crippen LogP contribution in [-0.4, -0.2) is 4.57 Å². The highest BCUT2D eigenvalue weighted by Crippen LogP contribution is 2.06. The molecule has 0 aromatic carbocycles. The fourth-order valence-electron chi connectivity index (χ4n) is 1.40. The summed E-state index contributed by atoms with van der Waals surface area (Å²) in [5.41, 5.74) is 2.54. The number of nitrogens with zero attached hydrogens (tertiary/aromatic N) is 1. The molecule has 0 aliphatic rings. The van der Waals surface area contributed by atoms with Gasteiger partial charge < -0.3 is 4.57 Å². The van der Waals surface area contributed by atoms with Gasteiger partial charge in [-0.25, -0.2) is 0 Å². The van der Waals surface area contributed by atoms with Crippen molar-refractivity contribution in [1.29, 1.82) is 0 Å². The van der Waals surface area contributed by atoms with Crippen LogP contribution < -0.4 is 5.44 Å². The number of hydrogen-bond acceptors (Lipinski definition) is 0. The van der Waals surface area contributed by atoms with E-state index in [1.165, 1.54) is 18.4 Å². The van der Waals surface area contributed by atoms with Gasteiger partial charge in [-0.05, 0) is 24.5 Å². The molecule has 1 aromatic heterocycles. The van der Waals surface area contributed by atoms with Crippen LogP contribution in [0.15, 0.2) is 12.3 Å². The second-order valence-corrected chi connectivity index (χ2v) is 3.53. The van der Waals surface area contributed by atoms with Crippen LogP contribution in [-0.2, 0) is 13.0 Å². The largest absolute Gasteiger partial charge is 0.347 e. The van der Waals surface area contributed by atoms with Gasteiger partial charge in [0.2, 0.25) is 0 Å². The van der Waals surface area contributed by atoms with E-state index in [9.17, 15) is 0 Å². The molecule has 0 amide bonds. The summed E-state index contributed by atoms with van der Waals surface area (Å²) in [7, 11) is 4.49. The van der Waals surface area contributed by atoms with Crippen molar-refractivity contribution in [3.8, 4) is 0 Å². The molecule has 12 heavy (non-hydrogen) atoms. The second kappa shape index (κ2) is 4.67. The van der Waals surface area contributed by atoms with Gasteiger partial charge in [-0.15, -0.1) is 0 Å². The standard InChI is InChI=1S/C10H16NP/c1-3-5-9-6-8-11(7-4-2)10(9)12/h6,8H,3-5,7H2,1-2H3. The van der Waals surface area contributed by atoms with Gasteiger partial charge in [0.15, 0.2) is 0 Å². The SMILES string of the molecule is CCCc1ccn(CCC)c1[P]. The van der Waals surface area contributed by atoms with Crippen LogP contribution >= 0.6 is 9.24 Å². The van der Waals surface area contributed by atoms with E-state index in [2.05, 4.69) is 39.9 Å². The van der Waals surface area contributed by atoms with E-state index in [-0.39, 0.29) is 0 Å². The lowest BCUT2D eigenvalue weighted by Gasteiger charge is -2.03. The molecule has 1 rings (SSSR count). The Hall–Kier alpha value is -0.290. The molecule has 2 radical (unpaired) electrons. The summed E-state index contributed by atoms with van der Waals surface area (Å²) in [5, 5.41) is 0. The zero-order chi connectivity index (χ0) is 8.97. The lowest BCUT2D eigenvalue weighted by Crippen LogP contribution is -2.11. The van der Waals surface area contributed by atoms with Crippen molar-refractivity contribution in [1.82, 2.24) is 4.57 Å². The molecular formula is C10H16NP. The Morgan fingerprint density at radius 2 is 2.08 bits per heavy atom. The van der Waals surface area contributed by atoms with Crippen molar-refractivity contribution in [3.63, 3.8) is 0 Å². The Kier molecular flexibility index (Phi) is 3.81. The fraction of sp³-hybridized carbons (Fsp3) is 0.600. The molecule has 0 aliphatic carbocycles. The van der Waals surface area contributed by atoms with Gasteiger partial charge in [0.1, 0.15) is 0 Å². The fourth-order valence-corrected chi connectivity index (χ4v) is 1.75. The molecule has 0 bridgehead atoms. The summed E-state index contributed by atoms with van der Waals surface area (Å²) in [6.45, 7) is 5.47. The first-order valence-corrected chi connectivity index (χ1v) is 5.11. The predicted octanol–water partition coefficient (Wildman–Crippen LogP) is 2.89. The van der Waals surface area contributed by atoms with E-state index in [1.54, 1.807) is 0 Å². The monoisotopic (exact) mass is 181 g/mol. The van der Waals surface area contributed by atoms with Crippen LogP contribution in [0.2, 0.25) is 0 Å². The Bertz CT molecular complexity index is 216. The van der Waals surface area contributed by atoms with Crippen LogP contribution in [0.4, 0.5) is 0 Å². The minimum atomic E-state index is 1.09. The minimum absolute atomic E-state index is 1.09. The molecule has 0 spiro atoms. The number of aryl methyl sites for hydroxylation is 2. The summed E-state index contributed by atoms with van der Waals surface area (Å²) in [6.07, 6.45) is 5.66. The Labute approximate surface area is 77.4 Å². The Morgan fingerprint density at radius 1 is 1.33 bits per heavy atom. The van der Waals surface area contributed by atoms with Crippen LogP contribution in [0.25, 0.3) is 0 Å². The minimum Gasteiger partial charge on any atom is -0.347 e. The van der Waals surface area contributed by atoms with Crippen LogP contribution in [0.1, 0.15) is 32.3 Å². The van der Waals surface area contributed by atoms with Crippen molar-refractivity contribution in [3.05, 3.63) is 17.8 Å². The summed E-state index contributed by atoms with van der Waals surface area (Å²) >= 11 is 0. The smallest absolute Gasteiger partial charge is 0.0545 e. The average molecular weight is 181 g/mol. The topological polar surface area (TPSA) is 4.93 Å². The van der Waals surface area contributed by atoms with Crippen LogP contribution in [0.5, 0.6) is 0 Å². The highest BCUT2D eigenvalue weighted by Gasteiger charge is 2.02. The first-order chi connectivity index (χ1) is 5.79. The van der Waals surface area contributed by atoms with E-state index in [0.717, 1.165) is 18.4 Å². The van der Waals surface area contributed by atoms with Crippen molar-refractivity contribution in [2.24, 2.45) is 0 Å². The number of rotatable bonds is 4. The molecule has 1 nitrogen and oxygen atoms in total. The third kappa shape index (κ3) is 2.10. The zero-order valence-electron chi connectivity index (χ0n) is 7.88. The van der Waals surface area contributed by atoms with E-state index < -0.39 is 0 Å². The highest BCUT2D eigenvalue weighted by atomic mass is 31.0. The van der Waals surface area contributed by atoms with Crippen molar-refractivity contribution >= 4 is 14.7 Å². The van der Waals surface area contributed by atoms with Crippen molar-refractivity contribution < 1.29 is 0 Å². The van der Waals surface area contributed by atoms with Gasteiger partial charge in [0.25, 0.3) is 0 Å². The normalized spacial score (nSPS) is 10.6. The first kappa shape index (κ1) is 9.80. The second-order valence-electron chi connectivity index (χ2n) is 3.11. The number of hydrogen-bond donors (Lipinski definition) is 0. The van der Waals surface area contributed by atoms with E-state index in [0.29, 0.717) is 0 Å². The molecule has 0 unspecified atom stereocenters. The Morgan fingerprint density at radius 3 is 2.67 bits per heavy atom. The molecule has 0 fully saturated rings. The third-order valence-corrected chi connectivity index (χ3v) is 2.54. The maximum atomic E-state index is 4.49. The molecule has 1 heterocycles. The summed E-state index contributed by atoms with van der Waals surface area (Å²) in [6, 6.07) is 2.18. The van der Waals surface area contributed by atoms with Crippen LogP contribution in [0.3, 0.4) is 0 Å². The third-order valence-electron chi connectivity index (χ3n) is 2.00. The van der Waals surface area contributed by atoms with Crippen LogP contribution in [0, 0.1) is 0 Å². The molecule has 1 aromatic rings. The first-order valence-electron chi connectivity index (χ1n) is 4.66. The van der Waals surface area contributed by atoms with E-state index in [4.69, 9.17) is 0 Å². The molecule has 0 N–H and O–H groups in total. The molecule has 0 saturated carbocycles. The van der Waals surface area contributed by atoms with Gasteiger partial charge in [0, 0.05) is 22.0 Å². The van der Waals surface area contributed by atoms with Gasteiger partial charge in [-0.2, -0.15) is 0 Å². The van der Waals surface area contributed by atoms with Crippen molar-refractivity contribution in [2.45, 2.75) is 39.7 Å². The molecule has 0 aliphatic heterocycles. The van der Waals surface area contributed by atoms with Gasteiger partial charge in [0.05, 0.1) is 5.44 Å². The number of aromatic nitrogens is 1. The van der Waals surface area contributed by atoms with Gasteiger partial charge >= 0.3 is 0 Å². The highest BCUT2D eigenvalue weighted by molar-refractivity contribution is 7.27. The lowest BCUT2D eigenvalue weighted by molar-refractivity contribution is 0.697. The average Bonchev–Trinajstić information content (AvgIpc) is 2.38.